The lowest BCUT2D eigenvalue weighted by atomic mass is 9.98. The smallest absolute Gasteiger partial charge is 0.164 e. The summed E-state index contributed by atoms with van der Waals surface area (Å²) in [7, 11) is 0. The summed E-state index contributed by atoms with van der Waals surface area (Å²) < 4.78 is 10.5. The van der Waals surface area contributed by atoms with Gasteiger partial charge in [0.05, 0.1) is 26.4 Å². The Balaban J connectivity index is 3.71. The minimum absolute atomic E-state index is 0.00677. The van der Waals surface area contributed by atoms with E-state index in [2.05, 4.69) is 0 Å². The van der Waals surface area contributed by atoms with Gasteiger partial charge < -0.3 is 19.7 Å². The number of unbranched alkanes of at least 4 members (excludes halogenated alkanes) is 2. The summed E-state index contributed by atoms with van der Waals surface area (Å²) in [6.45, 7) is 4.69. The number of rotatable bonds is 12. The van der Waals surface area contributed by atoms with Crippen LogP contribution in [-0.2, 0) is 14.3 Å². The fraction of sp³-hybridized carbons (Fsp3) is 0.923. The summed E-state index contributed by atoms with van der Waals surface area (Å²) in [4.78, 5) is 11.9. The zero-order valence-electron chi connectivity index (χ0n) is 11.5. The predicted octanol–water partition coefficient (Wildman–Crippen LogP) is 0.912. The number of hydrogen-bond donors (Lipinski definition) is 2. The molecule has 0 saturated carbocycles. The molecule has 0 unspecified atom stereocenters. The van der Waals surface area contributed by atoms with E-state index in [0.29, 0.717) is 26.2 Å². The summed E-state index contributed by atoms with van der Waals surface area (Å²) >= 11 is 0. The Morgan fingerprint density at radius 1 is 1.00 bits per heavy atom. The zero-order chi connectivity index (χ0) is 13.9. The topological polar surface area (TPSA) is 76.0 Å². The van der Waals surface area contributed by atoms with Crippen LogP contribution in [0, 0.1) is 0 Å². The van der Waals surface area contributed by atoms with Crippen LogP contribution >= 0.6 is 0 Å². The van der Waals surface area contributed by atoms with Crippen molar-refractivity contribution < 1.29 is 24.5 Å². The molecule has 0 heterocycles. The predicted molar refractivity (Wildman–Crippen MR) is 68.5 cm³/mol. The number of hydrogen-bond acceptors (Lipinski definition) is 5. The van der Waals surface area contributed by atoms with Gasteiger partial charge >= 0.3 is 0 Å². The van der Waals surface area contributed by atoms with E-state index in [1.807, 2.05) is 0 Å². The van der Waals surface area contributed by atoms with Crippen LogP contribution in [0.3, 0.4) is 0 Å². The lowest BCUT2D eigenvalue weighted by Gasteiger charge is -2.23. The number of aliphatic hydroxyl groups excluding tert-OH is 2. The number of ketones is 1. The zero-order valence-corrected chi connectivity index (χ0v) is 11.5. The quantitative estimate of drug-likeness (QED) is 0.511. The molecule has 0 radical (unpaired) electrons. The Morgan fingerprint density at radius 2 is 1.72 bits per heavy atom. The highest BCUT2D eigenvalue weighted by Gasteiger charge is 2.27. The van der Waals surface area contributed by atoms with Gasteiger partial charge in [-0.15, -0.1) is 0 Å². The minimum atomic E-state index is -0.790. The van der Waals surface area contributed by atoms with E-state index in [0.717, 1.165) is 19.3 Å². The summed E-state index contributed by atoms with van der Waals surface area (Å²) in [6, 6.07) is 0. The molecule has 18 heavy (non-hydrogen) atoms. The molecule has 0 aromatic heterocycles. The number of carbonyl (C=O) groups is 1. The van der Waals surface area contributed by atoms with Crippen molar-refractivity contribution in [2.24, 2.45) is 0 Å². The Bertz CT molecular complexity index is 215. The molecule has 5 heteroatoms. The molecule has 0 aromatic carbocycles. The van der Waals surface area contributed by atoms with Crippen molar-refractivity contribution in [1.82, 2.24) is 0 Å². The van der Waals surface area contributed by atoms with E-state index in [4.69, 9.17) is 19.7 Å². The summed E-state index contributed by atoms with van der Waals surface area (Å²) in [6.07, 6.45) is 2.86. The van der Waals surface area contributed by atoms with Gasteiger partial charge in [0.25, 0.3) is 0 Å². The maximum atomic E-state index is 11.9. The summed E-state index contributed by atoms with van der Waals surface area (Å²) in [5.74, 6) is 0.0718. The first-order valence-corrected chi connectivity index (χ1v) is 6.51. The van der Waals surface area contributed by atoms with Crippen molar-refractivity contribution in [2.45, 2.75) is 45.1 Å². The second-order valence-corrected chi connectivity index (χ2v) is 4.65. The molecule has 0 aliphatic heterocycles. The van der Waals surface area contributed by atoms with Crippen LogP contribution in [-0.4, -0.2) is 54.6 Å². The van der Waals surface area contributed by atoms with Gasteiger partial charge in [-0.2, -0.15) is 0 Å². The molecule has 0 aliphatic rings. The van der Waals surface area contributed by atoms with Gasteiger partial charge in [0.1, 0.15) is 5.60 Å². The van der Waals surface area contributed by atoms with E-state index in [1.165, 1.54) is 0 Å². The lowest BCUT2D eigenvalue weighted by molar-refractivity contribution is -0.142. The first kappa shape index (κ1) is 17.5. The third kappa shape index (κ3) is 8.58. The number of Topliss-reactive ketones (excluding diaryl/α,β-unsaturated/α-hetero) is 1. The number of ether oxygens (including phenoxy) is 2. The first-order valence-electron chi connectivity index (χ1n) is 6.51. The Morgan fingerprint density at radius 3 is 2.33 bits per heavy atom. The minimum Gasteiger partial charge on any atom is -0.396 e. The third-order valence-corrected chi connectivity index (χ3v) is 2.66. The van der Waals surface area contributed by atoms with Crippen LogP contribution < -0.4 is 0 Å². The number of aliphatic hydroxyl groups is 2. The summed E-state index contributed by atoms with van der Waals surface area (Å²) in [5.41, 5.74) is -0.790. The molecular weight excluding hydrogens is 236 g/mol. The molecule has 0 amide bonds. The normalized spacial score (nSPS) is 11.8. The van der Waals surface area contributed by atoms with Crippen LogP contribution in [0.4, 0.5) is 0 Å². The van der Waals surface area contributed by atoms with Crippen molar-refractivity contribution in [3.05, 3.63) is 0 Å². The van der Waals surface area contributed by atoms with Crippen molar-refractivity contribution in [3.63, 3.8) is 0 Å². The van der Waals surface area contributed by atoms with Crippen LogP contribution in [0.5, 0.6) is 0 Å². The molecule has 0 fully saturated rings. The molecule has 0 spiro atoms. The highest BCUT2D eigenvalue weighted by atomic mass is 16.5. The van der Waals surface area contributed by atoms with Gasteiger partial charge in [0.2, 0.25) is 0 Å². The van der Waals surface area contributed by atoms with Gasteiger partial charge in [-0.25, -0.2) is 0 Å². The van der Waals surface area contributed by atoms with Gasteiger partial charge in [-0.1, -0.05) is 6.42 Å². The lowest BCUT2D eigenvalue weighted by Crippen LogP contribution is -2.36. The average Bonchev–Trinajstić information content (AvgIpc) is 2.34. The molecule has 0 rings (SSSR count). The molecule has 0 atom stereocenters. The Labute approximate surface area is 109 Å². The second-order valence-electron chi connectivity index (χ2n) is 4.65. The van der Waals surface area contributed by atoms with E-state index in [9.17, 15) is 4.79 Å². The van der Waals surface area contributed by atoms with Crippen molar-refractivity contribution in [3.8, 4) is 0 Å². The maximum Gasteiger partial charge on any atom is 0.164 e. The Kier molecular flexibility index (Phi) is 10.2. The number of carbonyl (C=O) groups excluding carboxylic acids is 1. The van der Waals surface area contributed by atoms with Gasteiger partial charge in [-0.3, -0.25) is 4.79 Å². The van der Waals surface area contributed by atoms with Crippen molar-refractivity contribution in [1.29, 1.82) is 0 Å². The van der Waals surface area contributed by atoms with Gasteiger partial charge in [0, 0.05) is 13.0 Å². The van der Waals surface area contributed by atoms with Crippen LogP contribution in [0.1, 0.15) is 39.5 Å². The highest BCUT2D eigenvalue weighted by Crippen LogP contribution is 2.15. The molecule has 5 nitrogen and oxygen atoms in total. The fourth-order valence-corrected chi connectivity index (χ4v) is 1.48. The largest absolute Gasteiger partial charge is 0.396 e. The molecule has 2 N–H and O–H groups in total. The highest BCUT2D eigenvalue weighted by molar-refractivity contribution is 5.86. The van der Waals surface area contributed by atoms with E-state index < -0.39 is 5.60 Å². The molecule has 0 aliphatic carbocycles. The van der Waals surface area contributed by atoms with E-state index >= 15 is 0 Å². The molecule has 0 bridgehead atoms. The second kappa shape index (κ2) is 10.4. The monoisotopic (exact) mass is 262 g/mol. The molecule has 0 aromatic rings. The van der Waals surface area contributed by atoms with Crippen LogP contribution in [0.2, 0.25) is 0 Å². The van der Waals surface area contributed by atoms with E-state index in [-0.39, 0.29) is 19.0 Å². The Hall–Kier alpha value is -0.490. The van der Waals surface area contributed by atoms with Crippen LogP contribution in [0.25, 0.3) is 0 Å². The van der Waals surface area contributed by atoms with Crippen molar-refractivity contribution >= 4 is 5.78 Å². The first-order chi connectivity index (χ1) is 8.54. The molecule has 0 saturated heterocycles. The average molecular weight is 262 g/mol. The van der Waals surface area contributed by atoms with Crippen molar-refractivity contribution in [2.75, 3.05) is 33.0 Å². The molecule has 108 valence electrons. The molecular formula is C13H26O5. The standard InChI is InChI=1S/C13H26O5/c1-13(2,18-11-10-17-9-8-15)12(16)6-4-3-5-7-14/h14-15H,3-11H2,1-2H3. The third-order valence-electron chi connectivity index (χ3n) is 2.66. The van der Waals surface area contributed by atoms with Gasteiger partial charge in [0.15, 0.2) is 5.78 Å². The fourth-order valence-electron chi connectivity index (χ4n) is 1.48. The van der Waals surface area contributed by atoms with E-state index in [1.54, 1.807) is 13.8 Å². The SMILES string of the molecule is CC(C)(OCCOCCO)C(=O)CCCCCO. The summed E-state index contributed by atoms with van der Waals surface area (Å²) in [5, 5.41) is 17.2. The van der Waals surface area contributed by atoms with Crippen LogP contribution in [0.15, 0.2) is 0 Å². The maximum absolute atomic E-state index is 11.9. The van der Waals surface area contributed by atoms with Gasteiger partial charge in [-0.05, 0) is 26.7 Å².